The van der Waals surface area contributed by atoms with Gasteiger partial charge in [-0.25, -0.2) is 9.07 Å². The molecule has 1 amide bonds. The normalized spacial score (nSPS) is 14.9. The molecule has 1 saturated heterocycles. The Balaban J connectivity index is 1.52. The summed E-state index contributed by atoms with van der Waals surface area (Å²) in [6.45, 7) is 1.49. The minimum Gasteiger partial charge on any atom is -0.482 e. The second-order valence-corrected chi connectivity index (χ2v) is 8.35. The lowest BCUT2D eigenvalue weighted by Gasteiger charge is -2.30. The van der Waals surface area contributed by atoms with Gasteiger partial charge in [-0.1, -0.05) is 54.2 Å². The number of nitrogens with two attached hydrogens (primary N) is 1. The van der Waals surface area contributed by atoms with Crippen molar-refractivity contribution in [3.63, 3.8) is 0 Å². The second kappa shape index (κ2) is 9.82. The minimum atomic E-state index is -0.480. The number of nitrogen functional groups attached to an aromatic ring is 1. The Morgan fingerprint density at radius 3 is 2.52 bits per heavy atom. The summed E-state index contributed by atoms with van der Waals surface area (Å²) < 4.78 is 20.6. The van der Waals surface area contributed by atoms with Crippen LogP contribution in [0.5, 0.6) is 5.75 Å². The molecule has 0 saturated carbocycles. The molecule has 1 aliphatic rings. The van der Waals surface area contributed by atoms with E-state index in [-0.39, 0.29) is 18.3 Å². The van der Waals surface area contributed by atoms with Gasteiger partial charge in [-0.05, 0) is 37.0 Å². The molecule has 2 heterocycles. The fourth-order valence-electron chi connectivity index (χ4n) is 3.46. The largest absolute Gasteiger partial charge is 0.482 e. The van der Waals surface area contributed by atoms with E-state index in [0.717, 1.165) is 37.9 Å². The van der Waals surface area contributed by atoms with Gasteiger partial charge in [0.05, 0.1) is 0 Å². The lowest BCUT2D eigenvalue weighted by atomic mass is 10.1. The van der Waals surface area contributed by atoms with Crippen LogP contribution >= 0.6 is 11.8 Å². The SMILES string of the molecule is Nn1c(COc2ccccc2F)nnc1S[C@@H](C(=O)N1CCCCC1)c1ccccc1. The number of ether oxygens (including phenoxy) is 1. The number of aromatic nitrogens is 3. The number of nitrogens with zero attached hydrogens (tertiary/aromatic N) is 4. The van der Waals surface area contributed by atoms with Crippen molar-refractivity contribution in [2.24, 2.45) is 0 Å². The number of carbonyl (C=O) groups is 1. The number of piperidine rings is 1. The number of halogens is 1. The third-order valence-electron chi connectivity index (χ3n) is 5.15. The summed E-state index contributed by atoms with van der Waals surface area (Å²) >= 11 is 1.26. The highest BCUT2D eigenvalue weighted by Crippen LogP contribution is 2.36. The zero-order chi connectivity index (χ0) is 21.6. The maximum absolute atomic E-state index is 13.8. The lowest BCUT2D eigenvalue weighted by molar-refractivity contribution is -0.131. The summed E-state index contributed by atoms with van der Waals surface area (Å²) in [4.78, 5) is 15.2. The Kier molecular flexibility index (Phi) is 6.71. The van der Waals surface area contributed by atoms with Crippen LogP contribution in [0, 0.1) is 5.82 Å². The molecule has 4 rings (SSSR count). The molecule has 1 atom stereocenters. The molecular formula is C22H24FN5O2S. The van der Waals surface area contributed by atoms with Gasteiger partial charge in [-0.3, -0.25) is 4.79 Å². The zero-order valence-corrected chi connectivity index (χ0v) is 17.8. The topological polar surface area (TPSA) is 86.3 Å². The van der Waals surface area contributed by atoms with Crippen molar-refractivity contribution in [3.8, 4) is 5.75 Å². The molecule has 162 valence electrons. The van der Waals surface area contributed by atoms with Gasteiger partial charge in [-0.2, -0.15) is 0 Å². The maximum Gasteiger partial charge on any atom is 0.240 e. The highest BCUT2D eigenvalue weighted by Gasteiger charge is 2.30. The predicted molar refractivity (Wildman–Crippen MR) is 116 cm³/mol. The van der Waals surface area contributed by atoms with Gasteiger partial charge in [0.25, 0.3) is 0 Å². The van der Waals surface area contributed by atoms with Crippen LogP contribution in [-0.2, 0) is 11.4 Å². The molecule has 31 heavy (non-hydrogen) atoms. The molecule has 0 unspecified atom stereocenters. The number of benzene rings is 2. The Bertz CT molecular complexity index is 1020. The van der Waals surface area contributed by atoms with Gasteiger partial charge in [0.1, 0.15) is 11.9 Å². The Labute approximate surface area is 184 Å². The smallest absolute Gasteiger partial charge is 0.240 e. The first-order valence-corrected chi connectivity index (χ1v) is 11.1. The van der Waals surface area contributed by atoms with Gasteiger partial charge in [0.15, 0.2) is 17.4 Å². The summed E-state index contributed by atoms with van der Waals surface area (Å²) in [5.41, 5.74) is 0.884. The van der Waals surface area contributed by atoms with E-state index in [1.165, 1.54) is 28.6 Å². The van der Waals surface area contributed by atoms with Gasteiger partial charge in [0, 0.05) is 13.1 Å². The van der Waals surface area contributed by atoms with E-state index < -0.39 is 11.1 Å². The van der Waals surface area contributed by atoms with Gasteiger partial charge in [-0.15, -0.1) is 10.2 Å². The zero-order valence-electron chi connectivity index (χ0n) is 17.0. The molecule has 2 aromatic carbocycles. The summed E-state index contributed by atoms with van der Waals surface area (Å²) in [5.74, 6) is 6.21. The first kappa shape index (κ1) is 21.2. The van der Waals surface area contributed by atoms with Gasteiger partial charge < -0.3 is 15.5 Å². The molecule has 1 aromatic heterocycles. The number of thioether (sulfide) groups is 1. The van der Waals surface area contributed by atoms with E-state index >= 15 is 0 Å². The Morgan fingerprint density at radius 2 is 1.77 bits per heavy atom. The molecule has 3 aromatic rings. The molecule has 0 aliphatic carbocycles. The van der Waals surface area contributed by atoms with Crippen LogP contribution in [0.1, 0.15) is 35.9 Å². The van der Waals surface area contributed by atoms with Gasteiger partial charge >= 0.3 is 0 Å². The van der Waals surface area contributed by atoms with E-state index in [0.29, 0.717) is 11.0 Å². The van der Waals surface area contributed by atoms with Crippen LogP contribution in [0.3, 0.4) is 0 Å². The number of hydrogen-bond donors (Lipinski definition) is 1. The fourth-order valence-corrected chi connectivity index (χ4v) is 4.53. The standard InChI is InChI=1S/C22H24FN5O2S/c23-17-11-5-6-12-18(17)30-15-19-25-26-22(28(19)24)31-20(16-9-3-1-4-10-16)21(29)27-13-7-2-8-14-27/h1,3-6,9-12,20H,2,7-8,13-15,24H2/t20-/m1/s1. The number of rotatable bonds is 7. The predicted octanol–water partition coefficient (Wildman–Crippen LogP) is 3.56. The summed E-state index contributed by atoms with van der Waals surface area (Å²) in [6.07, 6.45) is 3.18. The Hall–Kier alpha value is -3.07. The van der Waals surface area contributed by atoms with Crippen molar-refractivity contribution >= 4 is 17.7 Å². The number of carbonyl (C=O) groups excluding carboxylic acids is 1. The summed E-state index contributed by atoms with van der Waals surface area (Å²) in [5, 5.41) is 8.14. The average molecular weight is 442 g/mol. The number of amides is 1. The molecule has 1 fully saturated rings. The number of likely N-dealkylation sites (tertiary alicyclic amines) is 1. The van der Waals surface area contributed by atoms with Crippen LogP contribution in [0.25, 0.3) is 0 Å². The van der Waals surface area contributed by atoms with E-state index in [1.54, 1.807) is 12.1 Å². The van der Waals surface area contributed by atoms with Crippen molar-refractivity contribution in [1.82, 2.24) is 19.8 Å². The van der Waals surface area contributed by atoms with Crippen molar-refractivity contribution in [1.29, 1.82) is 0 Å². The van der Waals surface area contributed by atoms with Crippen LogP contribution in [-0.4, -0.2) is 38.8 Å². The molecule has 0 spiro atoms. The fraction of sp³-hybridized carbons (Fsp3) is 0.318. The summed E-state index contributed by atoms with van der Waals surface area (Å²) in [6, 6.07) is 15.7. The maximum atomic E-state index is 13.8. The molecular weight excluding hydrogens is 417 g/mol. The van der Waals surface area contributed by atoms with Crippen molar-refractivity contribution in [2.75, 3.05) is 18.9 Å². The molecule has 1 aliphatic heterocycles. The molecule has 0 radical (unpaired) electrons. The molecule has 9 heteroatoms. The number of para-hydroxylation sites is 1. The highest BCUT2D eigenvalue weighted by atomic mass is 32.2. The highest BCUT2D eigenvalue weighted by molar-refractivity contribution is 8.00. The minimum absolute atomic E-state index is 0.0406. The van der Waals surface area contributed by atoms with Crippen molar-refractivity contribution in [3.05, 3.63) is 71.8 Å². The quantitative estimate of drug-likeness (QED) is 0.446. The number of hydrogen-bond acceptors (Lipinski definition) is 6. The summed E-state index contributed by atoms with van der Waals surface area (Å²) in [7, 11) is 0. The lowest BCUT2D eigenvalue weighted by Crippen LogP contribution is -2.38. The molecule has 0 bridgehead atoms. The average Bonchev–Trinajstić information content (AvgIpc) is 3.16. The molecule has 7 nitrogen and oxygen atoms in total. The second-order valence-electron chi connectivity index (χ2n) is 7.28. The van der Waals surface area contributed by atoms with Crippen molar-refractivity contribution < 1.29 is 13.9 Å². The third kappa shape index (κ3) is 4.99. The van der Waals surface area contributed by atoms with Crippen LogP contribution in [0.4, 0.5) is 4.39 Å². The monoisotopic (exact) mass is 441 g/mol. The molecule has 2 N–H and O–H groups in total. The van der Waals surface area contributed by atoms with Crippen LogP contribution in [0.15, 0.2) is 59.8 Å². The first-order chi connectivity index (χ1) is 15.1. The van der Waals surface area contributed by atoms with Crippen LogP contribution < -0.4 is 10.6 Å². The Morgan fingerprint density at radius 1 is 1.06 bits per heavy atom. The van der Waals surface area contributed by atoms with E-state index in [9.17, 15) is 9.18 Å². The van der Waals surface area contributed by atoms with E-state index in [4.69, 9.17) is 10.6 Å². The van der Waals surface area contributed by atoms with E-state index in [2.05, 4.69) is 10.2 Å². The van der Waals surface area contributed by atoms with Gasteiger partial charge in [0.2, 0.25) is 11.1 Å². The van der Waals surface area contributed by atoms with E-state index in [1.807, 2.05) is 35.2 Å². The third-order valence-corrected chi connectivity index (χ3v) is 6.34. The van der Waals surface area contributed by atoms with Crippen molar-refractivity contribution in [2.45, 2.75) is 36.3 Å². The first-order valence-electron chi connectivity index (χ1n) is 10.2. The van der Waals surface area contributed by atoms with Crippen LogP contribution in [0.2, 0.25) is 0 Å².